The van der Waals surface area contributed by atoms with Gasteiger partial charge in [0.15, 0.2) is 11.5 Å². The minimum absolute atomic E-state index is 0. The molecule has 5 nitrogen and oxygen atoms in total. The average molecular weight is 355 g/mol. The van der Waals surface area contributed by atoms with Crippen LogP contribution >= 0.6 is 12.4 Å². The summed E-state index contributed by atoms with van der Waals surface area (Å²) in [6.07, 6.45) is 3.79. The van der Waals surface area contributed by atoms with E-state index in [-0.39, 0.29) is 18.3 Å². The standard InChI is InChI=1S/C18H26N2O3.ClH/c1-22-16-10-14-5-8-20(12-15(14)11-17(16)23-2)18(21)9-13-3-6-19-7-4-13;/h10-11,13,19H,3-9,12H2,1-2H3;1H. The molecule has 2 aliphatic heterocycles. The number of nitrogens with one attached hydrogen (secondary N) is 1. The third-order valence-electron chi connectivity index (χ3n) is 4.99. The summed E-state index contributed by atoms with van der Waals surface area (Å²) >= 11 is 0. The Bertz CT molecular complexity index is 574. The van der Waals surface area contributed by atoms with Gasteiger partial charge >= 0.3 is 0 Å². The Morgan fingerprint density at radius 1 is 1.17 bits per heavy atom. The number of fused-ring (bicyclic) bond motifs is 1. The zero-order chi connectivity index (χ0) is 16.2. The third-order valence-corrected chi connectivity index (χ3v) is 4.99. The lowest BCUT2D eigenvalue weighted by Crippen LogP contribution is -2.38. The summed E-state index contributed by atoms with van der Waals surface area (Å²) in [5.74, 6) is 2.33. The maximum atomic E-state index is 12.6. The molecule has 0 aromatic heterocycles. The van der Waals surface area contributed by atoms with E-state index in [4.69, 9.17) is 9.47 Å². The number of rotatable bonds is 4. The number of hydrogen-bond acceptors (Lipinski definition) is 4. The van der Waals surface area contributed by atoms with E-state index in [0.29, 0.717) is 18.9 Å². The maximum absolute atomic E-state index is 12.6. The van der Waals surface area contributed by atoms with Crippen molar-refractivity contribution in [2.75, 3.05) is 33.9 Å². The molecule has 0 saturated carbocycles. The van der Waals surface area contributed by atoms with Crippen LogP contribution in [0.25, 0.3) is 0 Å². The molecule has 0 radical (unpaired) electrons. The van der Waals surface area contributed by atoms with Gasteiger partial charge in [0.1, 0.15) is 0 Å². The van der Waals surface area contributed by atoms with E-state index in [1.54, 1.807) is 14.2 Å². The van der Waals surface area contributed by atoms with Gasteiger partial charge in [-0.2, -0.15) is 0 Å². The topological polar surface area (TPSA) is 50.8 Å². The van der Waals surface area contributed by atoms with Gasteiger partial charge < -0.3 is 19.7 Å². The normalized spacial score (nSPS) is 17.7. The molecule has 0 unspecified atom stereocenters. The molecule has 0 atom stereocenters. The number of nitrogens with zero attached hydrogens (tertiary/aromatic N) is 1. The molecule has 1 aromatic rings. The summed E-state index contributed by atoms with van der Waals surface area (Å²) < 4.78 is 10.7. The first-order chi connectivity index (χ1) is 11.2. The molecule has 0 spiro atoms. The van der Waals surface area contributed by atoms with Gasteiger partial charge in [0, 0.05) is 19.5 Å². The SMILES string of the molecule is COc1cc2c(cc1OC)CN(C(=O)CC1CCNCC1)CC2.Cl. The Labute approximate surface area is 150 Å². The summed E-state index contributed by atoms with van der Waals surface area (Å²) in [4.78, 5) is 14.6. The number of ether oxygens (including phenoxy) is 2. The highest BCUT2D eigenvalue weighted by Crippen LogP contribution is 2.33. The molecule has 1 saturated heterocycles. The van der Waals surface area contributed by atoms with Crippen molar-refractivity contribution in [1.82, 2.24) is 10.2 Å². The molecule has 24 heavy (non-hydrogen) atoms. The van der Waals surface area contributed by atoms with Crippen molar-refractivity contribution in [2.45, 2.75) is 32.2 Å². The quantitative estimate of drug-likeness (QED) is 0.902. The molecule has 134 valence electrons. The highest BCUT2D eigenvalue weighted by molar-refractivity contribution is 5.85. The number of methoxy groups -OCH3 is 2. The van der Waals surface area contributed by atoms with Crippen LogP contribution in [-0.4, -0.2) is 44.7 Å². The van der Waals surface area contributed by atoms with Crippen LogP contribution in [0.2, 0.25) is 0 Å². The van der Waals surface area contributed by atoms with Crippen molar-refractivity contribution >= 4 is 18.3 Å². The lowest BCUT2D eigenvalue weighted by molar-refractivity contribution is -0.133. The van der Waals surface area contributed by atoms with E-state index in [1.165, 1.54) is 11.1 Å². The molecular formula is C18H27ClN2O3. The Hall–Kier alpha value is -1.46. The Morgan fingerprint density at radius 2 is 1.79 bits per heavy atom. The fraction of sp³-hybridized carbons (Fsp3) is 0.611. The molecule has 6 heteroatoms. The highest BCUT2D eigenvalue weighted by atomic mass is 35.5. The van der Waals surface area contributed by atoms with E-state index >= 15 is 0 Å². The first kappa shape index (κ1) is 18.9. The number of hydrogen-bond donors (Lipinski definition) is 1. The van der Waals surface area contributed by atoms with Gasteiger partial charge in [0.2, 0.25) is 5.91 Å². The Kier molecular flexibility index (Phi) is 6.75. The molecule has 1 aromatic carbocycles. The fourth-order valence-electron chi connectivity index (χ4n) is 3.56. The van der Waals surface area contributed by atoms with E-state index in [0.717, 1.165) is 50.4 Å². The van der Waals surface area contributed by atoms with Gasteiger partial charge in [-0.05, 0) is 61.5 Å². The minimum atomic E-state index is 0. The predicted octanol–water partition coefficient (Wildman–Crippen LogP) is 2.40. The zero-order valence-electron chi connectivity index (χ0n) is 14.5. The molecule has 0 aliphatic carbocycles. The first-order valence-electron chi connectivity index (χ1n) is 8.43. The molecule has 3 rings (SSSR count). The fourth-order valence-corrected chi connectivity index (χ4v) is 3.56. The summed E-state index contributed by atoms with van der Waals surface area (Å²) in [6.45, 7) is 3.56. The van der Waals surface area contributed by atoms with E-state index in [9.17, 15) is 4.79 Å². The number of carbonyl (C=O) groups is 1. The number of carbonyl (C=O) groups excluding carboxylic acids is 1. The van der Waals surface area contributed by atoms with E-state index < -0.39 is 0 Å². The lowest BCUT2D eigenvalue weighted by Gasteiger charge is -2.31. The van der Waals surface area contributed by atoms with Crippen LogP contribution in [0.3, 0.4) is 0 Å². The summed E-state index contributed by atoms with van der Waals surface area (Å²) in [5, 5.41) is 3.35. The predicted molar refractivity (Wildman–Crippen MR) is 96.1 cm³/mol. The van der Waals surface area contributed by atoms with Crippen LogP contribution in [0.5, 0.6) is 11.5 Å². The van der Waals surface area contributed by atoms with Crippen LogP contribution in [0.4, 0.5) is 0 Å². The average Bonchev–Trinajstić information content (AvgIpc) is 2.60. The molecule has 0 bridgehead atoms. The molecule has 1 N–H and O–H groups in total. The van der Waals surface area contributed by atoms with Gasteiger partial charge in [-0.1, -0.05) is 0 Å². The summed E-state index contributed by atoms with van der Waals surface area (Å²) in [7, 11) is 3.30. The van der Waals surface area contributed by atoms with Crippen LogP contribution in [0.15, 0.2) is 12.1 Å². The number of amides is 1. The van der Waals surface area contributed by atoms with Crippen molar-refractivity contribution in [3.63, 3.8) is 0 Å². The highest BCUT2D eigenvalue weighted by Gasteiger charge is 2.25. The van der Waals surface area contributed by atoms with Crippen molar-refractivity contribution < 1.29 is 14.3 Å². The zero-order valence-corrected chi connectivity index (χ0v) is 15.3. The maximum Gasteiger partial charge on any atom is 0.223 e. The smallest absolute Gasteiger partial charge is 0.223 e. The lowest BCUT2D eigenvalue weighted by atomic mass is 9.93. The molecule has 1 fully saturated rings. The number of benzene rings is 1. The van der Waals surface area contributed by atoms with E-state index in [2.05, 4.69) is 5.32 Å². The van der Waals surface area contributed by atoms with Crippen molar-refractivity contribution in [1.29, 1.82) is 0 Å². The molecule has 2 aliphatic rings. The van der Waals surface area contributed by atoms with Gasteiger partial charge in [0.05, 0.1) is 14.2 Å². The van der Waals surface area contributed by atoms with Crippen LogP contribution in [0, 0.1) is 5.92 Å². The second-order valence-electron chi connectivity index (χ2n) is 6.44. The second-order valence-corrected chi connectivity index (χ2v) is 6.44. The third kappa shape index (κ3) is 4.14. The van der Waals surface area contributed by atoms with Crippen molar-refractivity contribution in [3.8, 4) is 11.5 Å². The second kappa shape index (κ2) is 8.58. The van der Waals surface area contributed by atoms with Gasteiger partial charge in [0.25, 0.3) is 0 Å². The largest absolute Gasteiger partial charge is 0.493 e. The first-order valence-corrected chi connectivity index (χ1v) is 8.43. The van der Waals surface area contributed by atoms with Gasteiger partial charge in [-0.15, -0.1) is 12.4 Å². The van der Waals surface area contributed by atoms with Crippen molar-refractivity contribution in [3.05, 3.63) is 23.3 Å². The molecular weight excluding hydrogens is 328 g/mol. The number of piperidine rings is 1. The molecule has 2 heterocycles. The number of halogens is 1. The van der Waals surface area contributed by atoms with Crippen molar-refractivity contribution in [2.24, 2.45) is 5.92 Å². The van der Waals surface area contributed by atoms with Crippen LogP contribution in [-0.2, 0) is 17.8 Å². The Morgan fingerprint density at radius 3 is 2.42 bits per heavy atom. The van der Waals surface area contributed by atoms with Crippen LogP contribution < -0.4 is 14.8 Å². The minimum Gasteiger partial charge on any atom is -0.493 e. The van der Waals surface area contributed by atoms with E-state index in [1.807, 2.05) is 17.0 Å². The molecule has 1 amide bonds. The van der Waals surface area contributed by atoms with Gasteiger partial charge in [-0.3, -0.25) is 4.79 Å². The van der Waals surface area contributed by atoms with Crippen LogP contribution in [0.1, 0.15) is 30.4 Å². The van der Waals surface area contributed by atoms with Gasteiger partial charge in [-0.25, -0.2) is 0 Å². The summed E-state index contributed by atoms with van der Waals surface area (Å²) in [5.41, 5.74) is 2.43. The monoisotopic (exact) mass is 354 g/mol. The Balaban J connectivity index is 0.00000208. The summed E-state index contributed by atoms with van der Waals surface area (Å²) in [6, 6.07) is 4.06.